The minimum Gasteiger partial charge on any atom is -0.454 e. The normalized spacial score (nSPS) is 10.4. The summed E-state index contributed by atoms with van der Waals surface area (Å²) in [5.74, 6) is -0.722. The van der Waals surface area contributed by atoms with E-state index >= 15 is 0 Å². The summed E-state index contributed by atoms with van der Waals surface area (Å²) in [5.41, 5.74) is 2.02. The van der Waals surface area contributed by atoms with Gasteiger partial charge in [-0.05, 0) is 37.6 Å². The smallest absolute Gasteiger partial charge is 0.168 e. The topological polar surface area (TPSA) is 9.23 Å². The van der Waals surface area contributed by atoms with E-state index in [1.54, 1.807) is 6.07 Å². The molecule has 3 heteroatoms. The standard InChI is InChI=1S/C14H12F2O/c1-9-3-5-13(10(2)7-9)17-14-6-4-11(15)8-12(14)16/h3-8H,1-2H3. The lowest BCUT2D eigenvalue weighted by molar-refractivity contribution is 0.435. The Labute approximate surface area is 98.7 Å². The van der Waals surface area contributed by atoms with Crippen LogP contribution in [0.3, 0.4) is 0 Å². The third-order valence-electron chi connectivity index (χ3n) is 2.44. The first-order chi connectivity index (χ1) is 8.06. The Morgan fingerprint density at radius 3 is 2.24 bits per heavy atom. The van der Waals surface area contributed by atoms with Gasteiger partial charge in [-0.25, -0.2) is 8.78 Å². The van der Waals surface area contributed by atoms with Crippen LogP contribution >= 0.6 is 0 Å². The molecule has 2 aromatic carbocycles. The molecule has 0 unspecified atom stereocenters. The summed E-state index contributed by atoms with van der Waals surface area (Å²) >= 11 is 0. The molecule has 2 aromatic rings. The zero-order valence-corrected chi connectivity index (χ0v) is 9.63. The van der Waals surface area contributed by atoms with Crippen LogP contribution in [0.4, 0.5) is 8.78 Å². The SMILES string of the molecule is Cc1ccc(Oc2ccc(F)cc2F)c(C)c1. The summed E-state index contributed by atoms with van der Waals surface area (Å²) in [6.07, 6.45) is 0. The molecule has 0 aliphatic rings. The van der Waals surface area contributed by atoms with Gasteiger partial charge in [0.05, 0.1) is 0 Å². The highest BCUT2D eigenvalue weighted by Crippen LogP contribution is 2.27. The monoisotopic (exact) mass is 234 g/mol. The van der Waals surface area contributed by atoms with E-state index in [4.69, 9.17) is 4.74 Å². The third kappa shape index (κ3) is 2.61. The number of benzene rings is 2. The first kappa shape index (κ1) is 11.6. The number of halogens is 2. The number of hydrogen-bond acceptors (Lipinski definition) is 1. The van der Waals surface area contributed by atoms with Crippen molar-refractivity contribution in [1.82, 2.24) is 0 Å². The number of hydrogen-bond donors (Lipinski definition) is 0. The Hall–Kier alpha value is -1.90. The molecule has 0 amide bonds. The van der Waals surface area contributed by atoms with E-state index < -0.39 is 11.6 Å². The largest absolute Gasteiger partial charge is 0.454 e. The predicted molar refractivity (Wildman–Crippen MR) is 62.3 cm³/mol. The third-order valence-corrected chi connectivity index (χ3v) is 2.44. The van der Waals surface area contributed by atoms with Crippen molar-refractivity contribution in [1.29, 1.82) is 0 Å². The average molecular weight is 234 g/mol. The molecule has 0 heterocycles. The van der Waals surface area contributed by atoms with Gasteiger partial charge < -0.3 is 4.74 Å². The Balaban J connectivity index is 2.31. The first-order valence-electron chi connectivity index (χ1n) is 5.26. The highest BCUT2D eigenvalue weighted by molar-refractivity contribution is 5.39. The quantitative estimate of drug-likeness (QED) is 0.749. The Morgan fingerprint density at radius 1 is 0.882 bits per heavy atom. The highest BCUT2D eigenvalue weighted by atomic mass is 19.1. The zero-order valence-electron chi connectivity index (χ0n) is 9.63. The second kappa shape index (κ2) is 4.53. The van der Waals surface area contributed by atoms with Crippen LogP contribution in [0.2, 0.25) is 0 Å². The summed E-state index contributed by atoms with van der Waals surface area (Å²) in [6, 6.07) is 8.85. The Kier molecular flexibility index (Phi) is 3.09. The molecule has 88 valence electrons. The summed E-state index contributed by atoms with van der Waals surface area (Å²) in [6.45, 7) is 3.85. The molecule has 0 aliphatic heterocycles. The molecule has 0 radical (unpaired) electrons. The van der Waals surface area contributed by atoms with Crippen molar-refractivity contribution < 1.29 is 13.5 Å². The minimum atomic E-state index is -0.704. The van der Waals surface area contributed by atoms with Crippen molar-refractivity contribution in [3.63, 3.8) is 0 Å². The van der Waals surface area contributed by atoms with Gasteiger partial charge in [0.25, 0.3) is 0 Å². The second-order valence-electron chi connectivity index (χ2n) is 3.95. The van der Waals surface area contributed by atoms with Gasteiger partial charge in [-0.15, -0.1) is 0 Å². The Morgan fingerprint density at radius 2 is 1.59 bits per heavy atom. The van der Waals surface area contributed by atoms with Crippen LogP contribution in [0, 0.1) is 25.5 Å². The first-order valence-corrected chi connectivity index (χ1v) is 5.26. The molecule has 0 N–H and O–H groups in total. The van der Waals surface area contributed by atoms with E-state index in [0.29, 0.717) is 5.75 Å². The van der Waals surface area contributed by atoms with Gasteiger partial charge in [-0.2, -0.15) is 0 Å². The number of rotatable bonds is 2. The second-order valence-corrected chi connectivity index (χ2v) is 3.95. The van der Waals surface area contributed by atoms with E-state index in [-0.39, 0.29) is 5.75 Å². The molecular weight excluding hydrogens is 222 g/mol. The van der Waals surface area contributed by atoms with Crippen molar-refractivity contribution in [3.8, 4) is 11.5 Å². The number of aryl methyl sites for hydroxylation is 2. The fourth-order valence-electron chi connectivity index (χ4n) is 1.59. The maximum absolute atomic E-state index is 13.4. The zero-order chi connectivity index (χ0) is 12.4. The van der Waals surface area contributed by atoms with Gasteiger partial charge >= 0.3 is 0 Å². The van der Waals surface area contributed by atoms with Crippen LogP contribution in [0.25, 0.3) is 0 Å². The van der Waals surface area contributed by atoms with Gasteiger partial charge in [-0.3, -0.25) is 0 Å². The lowest BCUT2D eigenvalue weighted by atomic mass is 10.1. The lowest BCUT2D eigenvalue weighted by Crippen LogP contribution is -1.91. The molecule has 0 saturated heterocycles. The molecule has 0 aromatic heterocycles. The minimum absolute atomic E-state index is 0.0263. The van der Waals surface area contributed by atoms with Crippen LogP contribution in [-0.2, 0) is 0 Å². The summed E-state index contributed by atoms with van der Waals surface area (Å²) in [5, 5.41) is 0. The van der Waals surface area contributed by atoms with E-state index in [0.717, 1.165) is 17.2 Å². The maximum Gasteiger partial charge on any atom is 0.168 e. The van der Waals surface area contributed by atoms with Gasteiger partial charge in [0.15, 0.2) is 11.6 Å². The van der Waals surface area contributed by atoms with Gasteiger partial charge in [0, 0.05) is 6.07 Å². The van der Waals surface area contributed by atoms with Gasteiger partial charge in [0.2, 0.25) is 0 Å². The van der Waals surface area contributed by atoms with E-state index in [2.05, 4.69) is 0 Å². The lowest BCUT2D eigenvalue weighted by Gasteiger charge is -2.09. The molecule has 0 saturated carbocycles. The molecule has 0 fully saturated rings. The van der Waals surface area contributed by atoms with E-state index in [9.17, 15) is 8.78 Å². The molecule has 0 bridgehead atoms. The van der Waals surface area contributed by atoms with Crippen molar-refractivity contribution >= 4 is 0 Å². The molecule has 2 rings (SSSR count). The maximum atomic E-state index is 13.4. The molecule has 0 atom stereocenters. The van der Waals surface area contributed by atoms with Crippen molar-refractivity contribution in [2.75, 3.05) is 0 Å². The molecule has 0 aliphatic carbocycles. The summed E-state index contributed by atoms with van der Waals surface area (Å²) < 4.78 is 31.5. The predicted octanol–water partition coefficient (Wildman–Crippen LogP) is 4.37. The van der Waals surface area contributed by atoms with Crippen molar-refractivity contribution in [2.24, 2.45) is 0 Å². The number of ether oxygens (including phenoxy) is 1. The highest BCUT2D eigenvalue weighted by Gasteiger charge is 2.07. The molecule has 17 heavy (non-hydrogen) atoms. The Bertz CT molecular complexity index is 500. The average Bonchev–Trinajstić information content (AvgIpc) is 2.25. The van der Waals surface area contributed by atoms with Crippen LogP contribution in [0.15, 0.2) is 36.4 Å². The molecule has 1 nitrogen and oxygen atoms in total. The van der Waals surface area contributed by atoms with Crippen LogP contribution < -0.4 is 4.74 Å². The van der Waals surface area contributed by atoms with Crippen molar-refractivity contribution in [2.45, 2.75) is 13.8 Å². The van der Waals surface area contributed by atoms with E-state index in [1.807, 2.05) is 26.0 Å². The summed E-state index contributed by atoms with van der Waals surface area (Å²) in [7, 11) is 0. The van der Waals surface area contributed by atoms with Crippen LogP contribution in [0.5, 0.6) is 11.5 Å². The van der Waals surface area contributed by atoms with Crippen LogP contribution in [-0.4, -0.2) is 0 Å². The van der Waals surface area contributed by atoms with Gasteiger partial charge in [-0.1, -0.05) is 17.7 Å². The fourth-order valence-corrected chi connectivity index (χ4v) is 1.59. The molecular formula is C14H12F2O. The van der Waals surface area contributed by atoms with Gasteiger partial charge in [0.1, 0.15) is 11.6 Å². The van der Waals surface area contributed by atoms with Crippen molar-refractivity contribution in [3.05, 3.63) is 59.2 Å². The summed E-state index contributed by atoms with van der Waals surface area (Å²) in [4.78, 5) is 0. The van der Waals surface area contributed by atoms with Crippen LogP contribution in [0.1, 0.15) is 11.1 Å². The molecule has 0 spiro atoms. The van der Waals surface area contributed by atoms with E-state index in [1.165, 1.54) is 12.1 Å². The fraction of sp³-hybridized carbons (Fsp3) is 0.143.